The number of nitrogens with zero attached hydrogens (tertiary/aromatic N) is 2. The van der Waals surface area contributed by atoms with Gasteiger partial charge in [-0.2, -0.15) is 0 Å². The molecule has 1 aliphatic rings. The Kier molecular flexibility index (Phi) is 4.13. The first-order chi connectivity index (χ1) is 11.5. The first-order valence-corrected chi connectivity index (χ1v) is 9.31. The van der Waals surface area contributed by atoms with Crippen LogP contribution in [0.3, 0.4) is 0 Å². The van der Waals surface area contributed by atoms with Crippen LogP contribution in [0, 0.1) is 0 Å². The van der Waals surface area contributed by atoms with E-state index in [0.29, 0.717) is 0 Å². The van der Waals surface area contributed by atoms with Gasteiger partial charge in [0.05, 0.1) is 16.1 Å². The highest BCUT2D eigenvalue weighted by Crippen LogP contribution is 2.36. The van der Waals surface area contributed by atoms with Crippen molar-refractivity contribution in [3.8, 4) is 0 Å². The summed E-state index contributed by atoms with van der Waals surface area (Å²) in [6, 6.07) is 9.11. The Labute approximate surface area is 147 Å². The minimum absolute atomic E-state index is 0.117. The zero-order chi connectivity index (χ0) is 18.5. The lowest BCUT2D eigenvalue weighted by Gasteiger charge is -2.32. The molecule has 0 unspecified atom stereocenters. The Morgan fingerprint density at radius 3 is 1.96 bits per heavy atom. The molecule has 1 aromatic carbocycles. The first kappa shape index (κ1) is 17.8. The second kappa shape index (κ2) is 5.79. The number of nitrogen functional groups attached to an aromatic ring is 1. The molecule has 0 atom stereocenters. The van der Waals surface area contributed by atoms with Gasteiger partial charge in [-0.15, -0.1) is 10.2 Å². The lowest BCUT2D eigenvalue weighted by Crippen LogP contribution is -2.41. The normalized spacial score (nSPS) is 19.1. The summed E-state index contributed by atoms with van der Waals surface area (Å²) in [7, 11) is -4.30. The van der Waals surface area contributed by atoms with E-state index >= 15 is 0 Å². The molecule has 1 aliphatic heterocycles. The highest BCUT2D eigenvalue weighted by molar-refractivity contribution is 7.91. The van der Waals surface area contributed by atoms with Crippen LogP contribution in [-0.4, -0.2) is 36.9 Å². The van der Waals surface area contributed by atoms with Crippen LogP contribution in [0.25, 0.3) is 0 Å². The van der Waals surface area contributed by atoms with Gasteiger partial charge in [-0.1, -0.05) is 12.1 Å². The van der Waals surface area contributed by atoms with E-state index in [9.17, 15) is 8.42 Å². The SMILES string of the molecule is CC1(C)OB(c2ccc(S(=O)(=O)c3ccc(N)nn3)cc2)OC1(C)C. The molecule has 0 saturated carbocycles. The Balaban J connectivity index is 1.87. The van der Waals surface area contributed by atoms with Gasteiger partial charge in [0.1, 0.15) is 5.82 Å². The van der Waals surface area contributed by atoms with Gasteiger partial charge in [0.2, 0.25) is 9.84 Å². The van der Waals surface area contributed by atoms with E-state index in [1.54, 1.807) is 12.1 Å². The third-order valence-corrected chi connectivity index (χ3v) is 6.31. The molecular formula is C16H20BN3O4S. The smallest absolute Gasteiger partial charge is 0.399 e. The molecule has 25 heavy (non-hydrogen) atoms. The monoisotopic (exact) mass is 361 g/mol. The number of hydrogen-bond donors (Lipinski definition) is 1. The Morgan fingerprint density at radius 2 is 1.48 bits per heavy atom. The van der Waals surface area contributed by atoms with Crippen LogP contribution in [-0.2, 0) is 19.1 Å². The van der Waals surface area contributed by atoms with Crippen molar-refractivity contribution >= 4 is 28.2 Å². The predicted molar refractivity (Wildman–Crippen MR) is 94.1 cm³/mol. The lowest BCUT2D eigenvalue weighted by molar-refractivity contribution is 0.00578. The largest absolute Gasteiger partial charge is 0.494 e. The van der Waals surface area contributed by atoms with Gasteiger partial charge < -0.3 is 15.0 Å². The summed E-state index contributed by atoms with van der Waals surface area (Å²) in [5.74, 6) is 0.162. The van der Waals surface area contributed by atoms with Crippen LogP contribution in [0.1, 0.15) is 27.7 Å². The number of rotatable bonds is 3. The van der Waals surface area contributed by atoms with Gasteiger partial charge in [-0.25, -0.2) is 8.42 Å². The topological polar surface area (TPSA) is 104 Å². The van der Waals surface area contributed by atoms with Crippen molar-refractivity contribution in [2.45, 2.75) is 48.8 Å². The van der Waals surface area contributed by atoms with Crippen LogP contribution in [0.5, 0.6) is 0 Å². The maximum absolute atomic E-state index is 12.6. The molecule has 1 fully saturated rings. The molecule has 1 saturated heterocycles. The summed E-state index contributed by atoms with van der Waals surface area (Å²) in [5, 5.41) is 7.10. The molecule has 0 radical (unpaired) electrons. The number of sulfone groups is 1. The molecule has 0 aliphatic carbocycles. The molecule has 132 valence electrons. The van der Waals surface area contributed by atoms with Crippen LogP contribution < -0.4 is 11.2 Å². The van der Waals surface area contributed by atoms with E-state index in [1.807, 2.05) is 27.7 Å². The van der Waals surface area contributed by atoms with Gasteiger partial charge in [-0.3, -0.25) is 0 Å². The maximum Gasteiger partial charge on any atom is 0.494 e. The number of nitrogens with two attached hydrogens (primary N) is 1. The summed E-state index contributed by atoms with van der Waals surface area (Å²) in [5.41, 5.74) is 5.28. The Hall–Kier alpha value is -1.97. The number of anilines is 1. The second-order valence-electron chi connectivity index (χ2n) is 6.96. The van der Waals surface area contributed by atoms with E-state index in [2.05, 4.69) is 10.2 Å². The maximum atomic E-state index is 12.6. The Bertz CT molecular complexity index is 865. The number of benzene rings is 1. The second-order valence-corrected chi connectivity index (χ2v) is 8.85. The first-order valence-electron chi connectivity index (χ1n) is 7.83. The van der Waals surface area contributed by atoms with Gasteiger partial charge in [0.15, 0.2) is 5.03 Å². The fraction of sp³-hybridized carbons (Fsp3) is 0.375. The Morgan fingerprint density at radius 1 is 0.920 bits per heavy atom. The number of aromatic nitrogens is 2. The third-order valence-electron chi connectivity index (χ3n) is 4.65. The van der Waals surface area contributed by atoms with E-state index in [-0.39, 0.29) is 15.7 Å². The molecule has 0 bridgehead atoms. The quantitative estimate of drug-likeness (QED) is 0.819. The van der Waals surface area contributed by atoms with Crippen LogP contribution in [0.2, 0.25) is 0 Å². The molecule has 0 amide bonds. The zero-order valence-electron chi connectivity index (χ0n) is 14.6. The fourth-order valence-electron chi connectivity index (χ4n) is 2.38. The van der Waals surface area contributed by atoms with Crippen molar-refractivity contribution in [3.63, 3.8) is 0 Å². The third kappa shape index (κ3) is 3.14. The zero-order valence-corrected chi connectivity index (χ0v) is 15.4. The van der Waals surface area contributed by atoms with Crippen molar-refractivity contribution in [1.29, 1.82) is 0 Å². The summed E-state index contributed by atoms with van der Waals surface area (Å²) >= 11 is 0. The summed E-state index contributed by atoms with van der Waals surface area (Å²) in [6.45, 7) is 7.86. The van der Waals surface area contributed by atoms with E-state index in [1.165, 1.54) is 24.3 Å². The lowest BCUT2D eigenvalue weighted by atomic mass is 9.79. The van der Waals surface area contributed by atoms with Gasteiger partial charge in [0, 0.05) is 0 Å². The van der Waals surface area contributed by atoms with Crippen LogP contribution >= 0.6 is 0 Å². The molecule has 2 N–H and O–H groups in total. The highest BCUT2D eigenvalue weighted by atomic mass is 32.2. The van der Waals surface area contributed by atoms with Crippen molar-refractivity contribution in [3.05, 3.63) is 36.4 Å². The van der Waals surface area contributed by atoms with Gasteiger partial charge in [0.25, 0.3) is 0 Å². The van der Waals surface area contributed by atoms with Crippen molar-refractivity contribution in [2.24, 2.45) is 0 Å². The summed E-state index contributed by atoms with van der Waals surface area (Å²) in [4.78, 5) is 0.117. The van der Waals surface area contributed by atoms with E-state index in [0.717, 1.165) is 5.46 Å². The number of hydrogen-bond acceptors (Lipinski definition) is 7. The van der Waals surface area contributed by atoms with Crippen molar-refractivity contribution in [1.82, 2.24) is 10.2 Å². The van der Waals surface area contributed by atoms with E-state index in [4.69, 9.17) is 15.0 Å². The highest BCUT2D eigenvalue weighted by Gasteiger charge is 2.51. The van der Waals surface area contributed by atoms with Crippen LogP contribution in [0.4, 0.5) is 5.82 Å². The van der Waals surface area contributed by atoms with E-state index < -0.39 is 28.2 Å². The van der Waals surface area contributed by atoms with Gasteiger partial charge in [-0.05, 0) is 57.4 Å². The minimum atomic E-state index is -3.75. The molecule has 9 heteroatoms. The average molecular weight is 361 g/mol. The minimum Gasteiger partial charge on any atom is -0.399 e. The molecule has 2 aromatic rings. The molecule has 3 rings (SSSR count). The summed E-state index contributed by atoms with van der Waals surface area (Å²) in [6.07, 6.45) is 0. The van der Waals surface area contributed by atoms with Crippen molar-refractivity contribution in [2.75, 3.05) is 5.73 Å². The average Bonchev–Trinajstić information content (AvgIpc) is 2.76. The van der Waals surface area contributed by atoms with Gasteiger partial charge >= 0.3 is 7.12 Å². The molecule has 2 heterocycles. The predicted octanol–water partition coefficient (Wildman–Crippen LogP) is 1.19. The molecule has 0 spiro atoms. The molecule has 1 aromatic heterocycles. The van der Waals surface area contributed by atoms with Crippen molar-refractivity contribution < 1.29 is 17.7 Å². The fourth-order valence-corrected chi connectivity index (χ4v) is 3.51. The standard InChI is InChI=1S/C16H20BN3O4S/c1-15(2)16(3,4)24-17(23-15)11-5-7-12(8-6-11)25(21,22)14-10-9-13(18)19-20-14/h5-10H,1-4H3,(H2,18,19). The molecular weight excluding hydrogens is 341 g/mol. The summed E-state index contributed by atoms with van der Waals surface area (Å²) < 4.78 is 37.1. The molecule has 7 nitrogen and oxygen atoms in total. The van der Waals surface area contributed by atoms with Crippen LogP contribution in [0.15, 0.2) is 46.3 Å².